The highest BCUT2D eigenvalue weighted by atomic mass is 19.4. The van der Waals surface area contributed by atoms with Crippen LogP contribution < -0.4 is 10.6 Å². The van der Waals surface area contributed by atoms with Crippen molar-refractivity contribution in [3.05, 3.63) is 83.6 Å². The molecule has 2 aliphatic heterocycles. The van der Waals surface area contributed by atoms with Crippen molar-refractivity contribution in [2.24, 2.45) is 10.9 Å². The lowest BCUT2D eigenvalue weighted by atomic mass is 10.0. The first kappa shape index (κ1) is 29.0. The minimum atomic E-state index is -4.48. The van der Waals surface area contributed by atoms with Gasteiger partial charge in [0.25, 0.3) is 0 Å². The van der Waals surface area contributed by atoms with E-state index in [1.165, 1.54) is 24.2 Å². The van der Waals surface area contributed by atoms with Gasteiger partial charge in [-0.05, 0) is 55.2 Å². The van der Waals surface area contributed by atoms with Gasteiger partial charge in [0.15, 0.2) is 5.78 Å². The Balaban J connectivity index is 1.20. The summed E-state index contributed by atoms with van der Waals surface area (Å²) in [5.74, 6) is -0.662. The number of likely N-dealkylation sites (tertiary alicyclic amines) is 1. The number of halogens is 3. The Bertz CT molecular complexity index is 1820. The van der Waals surface area contributed by atoms with Gasteiger partial charge >= 0.3 is 6.18 Å². The van der Waals surface area contributed by atoms with Gasteiger partial charge in [-0.15, -0.1) is 0 Å². The molecule has 2 atom stereocenters. The van der Waals surface area contributed by atoms with Crippen LogP contribution in [-0.2, 0) is 28.9 Å². The van der Waals surface area contributed by atoms with Crippen LogP contribution >= 0.6 is 0 Å². The third kappa shape index (κ3) is 5.64. The molecule has 2 N–H and O–H groups in total. The molecule has 2 aromatic carbocycles. The number of hydrogen-bond acceptors (Lipinski definition) is 7. The average molecular weight is 604 g/mol. The van der Waals surface area contributed by atoms with E-state index >= 15 is 0 Å². The van der Waals surface area contributed by atoms with Crippen LogP contribution in [0, 0.1) is 5.92 Å². The van der Waals surface area contributed by atoms with E-state index in [0.29, 0.717) is 46.2 Å². The number of amidine groups is 1. The fourth-order valence-corrected chi connectivity index (χ4v) is 5.81. The quantitative estimate of drug-likeness (QED) is 0.308. The summed E-state index contributed by atoms with van der Waals surface area (Å²) in [6.45, 7) is 3.70. The smallest absolute Gasteiger partial charge is 0.353 e. The standard InChI is InChI=1S/C31H28F3N7O3/c1-17-7-27(30(44)39-29-23-5-3-20(31(32,33)34)8-19(23)10-37-29)41(13-17)28(43)15-40-14-25(18(2)42)24-9-21(4-6-26(24)40)38-22-11-35-16-36-12-22/h3-6,8-9,11-12,14,16-17,27,38H,7,10,13,15H2,1-2H3,(H,37,39,44)/t17-,27?/m1/s1. The number of nitrogens with zero attached hydrogens (tertiary/aromatic N) is 5. The van der Waals surface area contributed by atoms with Crippen LogP contribution in [0.15, 0.2) is 66.3 Å². The third-order valence-corrected chi connectivity index (χ3v) is 7.89. The summed E-state index contributed by atoms with van der Waals surface area (Å²) >= 11 is 0. The van der Waals surface area contributed by atoms with Crippen LogP contribution in [0.3, 0.4) is 0 Å². The van der Waals surface area contributed by atoms with Gasteiger partial charge in [-0.1, -0.05) is 13.0 Å². The second kappa shape index (κ2) is 11.2. The van der Waals surface area contributed by atoms with E-state index in [0.717, 1.165) is 17.8 Å². The summed E-state index contributed by atoms with van der Waals surface area (Å²) in [7, 11) is 0. The van der Waals surface area contributed by atoms with E-state index in [2.05, 4.69) is 25.6 Å². The number of amides is 2. The summed E-state index contributed by atoms with van der Waals surface area (Å²) in [6.07, 6.45) is 2.26. The van der Waals surface area contributed by atoms with Crippen LogP contribution in [0.5, 0.6) is 0 Å². The number of fused-ring (bicyclic) bond motifs is 2. The molecule has 2 aromatic heterocycles. The van der Waals surface area contributed by atoms with Gasteiger partial charge in [-0.2, -0.15) is 13.2 Å². The summed E-state index contributed by atoms with van der Waals surface area (Å²) in [4.78, 5) is 53.3. The van der Waals surface area contributed by atoms with Crippen LogP contribution in [0.4, 0.5) is 24.5 Å². The van der Waals surface area contributed by atoms with Crippen molar-refractivity contribution in [2.75, 3.05) is 11.9 Å². The van der Waals surface area contributed by atoms with Crippen molar-refractivity contribution < 1.29 is 27.6 Å². The van der Waals surface area contributed by atoms with Gasteiger partial charge < -0.3 is 20.1 Å². The fourth-order valence-electron chi connectivity index (χ4n) is 5.81. The lowest BCUT2D eigenvalue weighted by Crippen LogP contribution is -2.48. The Labute approximate surface area is 250 Å². The van der Waals surface area contributed by atoms with Gasteiger partial charge in [-0.25, -0.2) is 9.97 Å². The zero-order chi connectivity index (χ0) is 31.2. The molecule has 0 spiro atoms. The molecule has 44 heavy (non-hydrogen) atoms. The van der Waals surface area contributed by atoms with E-state index in [-0.39, 0.29) is 36.5 Å². The van der Waals surface area contributed by atoms with Crippen molar-refractivity contribution >= 4 is 45.7 Å². The summed E-state index contributed by atoms with van der Waals surface area (Å²) in [6, 6.07) is 8.00. The molecule has 0 saturated carbocycles. The van der Waals surface area contributed by atoms with Gasteiger partial charge in [0, 0.05) is 40.5 Å². The topological polar surface area (TPSA) is 122 Å². The molecule has 6 rings (SSSR count). The summed E-state index contributed by atoms with van der Waals surface area (Å²) < 4.78 is 41.1. The molecule has 13 heteroatoms. The number of Topliss-reactive ketones (excluding diaryl/α,β-unsaturated/α-hetero) is 1. The Morgan fingerprint density at radius 2 is 1.82 bits per heavy atom. The number of carbonyl (C=O) groups excluding carboxylic acids is 3. The zero-order valence-corrected chi connectivity index (χ0v) is 23.9. The maximum Gasteiger partial charge on any atom is 0.416 e. The molecular weight excluding hydrogens is 575 g/mol. The number of ketones is 1. The van der Waals surface area contributed by atoms with Crippen molar-refractivity contribution in [3.8, 4) is 0 Å². The number of benzene rings is 2. The first-order chi connectivity index (χ1) is 21.0. The van der Waals surface area contributed by atoms with Gasteiger partial charge in [-0.3, -0.25) is 19.4 Å². The lowest BCUT2D eigenvalue weighted by molar-refractivity contribution is -0.138. The average Bonchev–Trinajstić information content (AvgIpc) is 3.68. The van der Waals surface area contributed by atoms with Gasteiger partial charge in [0.2, 0.25) is 11.8 Å². The Morgan fingerprint density at radius 1 is 1.05 bits per heavy atom. The van der Waals surface area contributed by atoms with E-state index in [1.54, 1.807) is 23.2 Å². The number of aromatic nitrogens is 3. The molecule has 2 amide bonds. The molecule has 4 heterocycles. The Kier molecular flexibility index (Phi) is 7.39. The van der Waals surface area contributed by atoms with E-state index in [9.17, 15) is 27.6 Å². The molecule has 226 valence electrons. The number of aliphatic imine (C=N–C) groups is 1. The highest BCUT2D eigenvalue weighted by Gasteiger charge is 2.39. The molecule has 10 nitrogen and oxygen atoms in total. The van der Waals surface area contributed by atoms with Crippen LogP contribution in [0.1, 0.15) is 47.3 Å². The summed E-state index contributed by atoms with van der Waals surface area (Å²) in [5, 5.41) is 6.62. The third-order valence-electron chi connectivity index (χ3n) is 7.89. The fraction of sp³-hybridized carbons (Fsp3) is 0.290. The van der Waals surface area contributed by atoms with Gasteiger partial charge in [0.05, 0.1) is 30.2 Å². The second-order valence-electron chi connectivity index (χ2n) is 11.1. The molecule has 2 aliphatic rings. The predicted molar refractivity (Wildman–Crippen MR) is 156 cm³/mol. The number of rotatable bonds is 6. The minimum absolute atomic E-state index is 0.0220. The Morgan fingerprint density at radius 3 is 2.55 bits per heavy atom. The minimum Gasteiger partial charge on any atom is -0.353 e. The van der Waals surface area contributed by atoms with Crippen LogP contribution in [0.25, 0.3) is 10.9 Å². The van der Waals surface area contributed by atoms with Crippen LogP contribution in [0.2, 0.25) is 0 Å². The molecule has 1 fully saturated rings. The second-order valence-corrected chi connectivity index (χ2v) is 11.1. The highest BCUT2D eigenvalue weighted by molar-refractivity contribution is 6.12. The molecule has 0 aliphatic carbocycles. The van der Waals surface area contributed by atoms with Crippen molar-refractivity contribution in [2.45, 2.75) is 45.6 Å². The first-order valence-corrected chi connectivity index (χ1v) is 14.0. The molecule has 0 radical (unpaired) electrons. The largest absolute Gasteiger partial charge is 0.416 e. The normalized spacial score (nSPS) is 17.8. The predicted octanol–water partition coefficient (Wildman–Crippen LogP) is 4.71. The molecule has 1 unspecified atom stereocenters. The molecule has 1 saturated heterocycles. The molecule has 4 aromatic rings. The van der Waals surface area contributed by atoms with E-state index in [1.807, 2.05) is 25.1 Å². The zero-order valence-electron chi connectivity index (χ0n) is 23.9. The highest BCUT2D eigenvalue weighted by Crippen LogP contribution is 2.33. The monoisotopic (exact) mass is 603 g/mol. The van der Waals surface area contributed by atoms with Crippen molar-refractivity contribution in [3.63, 3.8) is 0 Å². The maximum absolute atomic E-state index is 13.7. The van der Waals surface area contributed by atoms with Crippen molar-refractivity contribution in [1.82, 2.24) is 24.8 Å². The number of alkyl halides is 3. The molecular formula is C31H28F3N7O3. The van der Waals surface area contributed by atoms with E-state index in [4.69, 9.17) is 0 Å². The number of hydrogen-bond donors (Lipinski definition) is 2. The lowest BCUT2D eigenvalue weighted by Gasteiger charge is -2.24. The maximum atomic E-state index is 13.7. The van der Waals surface area contributed by atoms with Crippen molar-refractivity contribution in [1.29, 1.82) is 0 Å². The summed E-state index contributed by atoms with van der Waals surface area (Å²) in [5.41, 5.74) is 2.56. The van der Waals surface area contributed by atoms with E-state index < -0.39 is 23.7 Å². The van der Waals surface area contributed by atoms with Gasteiger partial charge in [0.1, 0.15) is 24.7 Å². The Hall–Kier alpha value is -5.07. The number of nitrogens with one attached hydrogen (secondary N) is 2. The SMILES string of the molecule is CC(=O)c1cn(CC(=O)N2C[C@H](C)CC2C(=O)NC2=NCc3cc(C(F)(F)F)ccc32)c2ccc(Nc3cncnc3)cc12. The first-order valence-electron chi connectivity index (χ1n) is 14.0. The number of anilines is 2. The number of carbonyl (C=O) groups is 3. The molecule has 0 bridgehead atoms. The van der Waals surface area contributed by atoms with Crippen LogP contribution in [-0.4, -0.2) is 55.5 Å².